The number of hydrogen-bond acceptors (Lipinski definition) is 5. The van der Waals surface area contributed by atoms with Crippen LogP contribution in [0.4, 0.5) is 77.9 Å². The van der Waals surface area contributed by atoms with Crippen LogP contribution < -0.4 is 0 Å². The van der Waals surface area contributed by atoms with Crippen LogP contribution >= 0.6 is 7.81 Å². The number of hydrogen-bond donors (Lipinski definition) is 0. The monoisotopic (exact) mass is 1190 g/mol. The van der Waals surface area contributed by atoms with Crippen molar-refractivity contribution in [3.8, 4) is 51.1 Å². The molecule has 0 amide bonds. The summed E-state index contributed by atoms with van der Waals surface area (Å²) in [6.45, 7) is 1.43. The van der Waals surface area contributed by atoms with Crippen molar-refractivity contribution in [3.63, 3.8) is 0 Å². The molecule has 0 bridgehead atoms. The maximum atomic E-state index is 12.9. The van der Waals surface area contributed by atoms with Crippen molar-refractivity contribution < 1.29 is 94.9 Å². The minimum absolute atomic E-state index is 0. The van der Waals surface area contributed by atoms with Gasteiger partial charge in [-0.3, -0.25) is 0 Å². The van der Waals surface area contributed by atoms with E-state index in [0.717, 1.165) is 70.1 Å². The van der Waals surface area contributed by atoms with Gasteiger partial charge in [0.1, 0.15) is 0 Å². The third-order valence-electron chi connectivity index (χ3n) is 11.1. The fourth-order valence-electron chi connectivity index (χ4n) is 7.50. The van der Waals surface area contributed by atoms with Gasteiger partial charge in [-0.1, -0.05) is 97.1 Å². The van der Waals surface area contributed by atoms with E-state index in [4.69, 9.17) is 5.26 Å². The van der Waals surface area contributed by atoms with E-state index < -0.39 is 54.8 Å². The van der Waals surface area contributed by atoms with Crippen LogP contribution in [0.2, 0.25) is 0 Å². The number of alkyl halides is 12. The van der Waals surface area contributed by atoms with Gasteiger partial charge in [-0.2, -0.15) is 57.9 Å². The fraction of sp³-hybridized carbons (Fsp3) is 0.0926. The average molecular weight is 1190 g/mol. The average Bonchev–Trinajstić information content (AvgIpc) is 3.36. The Morgan fingerprint density at radius 2 is 0.443 bits per heavy atom. The summed E-state index contributed by atoms with van der Waals surface area (Å²) in [5.41, 5.74) is 3.20. The topological polar surface area (TPSA) is 75.3 Å². The van der Waals surface area contributed by atoms with Gasteiger partial charge in [-0.05, 0) is 72.8 Å². The smallest absolute Gasteiger partial charge is 1.00 e. The number of aromatic nitrogens is 4. The van der Waals surface area contributed by atoms with E-state index in [1.165, 1.54) is 55.5 Å². The second-order valence-electron chi connectivity index (χ2n) is 16.7. The van der Waals surface area contributed by atoms with E-state index in [-0.39, 0.29) is 17.1 Å². The van der Waals surface area contributed by atoms with Crippen LogP contribution in [0, 0.1) is 11.3 Å². The summed E-state index contributed by atoms with van der Waals surface area (Å²) in [7, 11) is -10.7. The molecule has 5 nitrogen and oxygen atoms in total. The summed E-state index contributed by atoms with van der Waals surface area (Å²) < 4.78 is 214. The fourth-order valence-corrected chi connectivity index (χ4v) is 7.50. The Bertz CT molecular complexity index is 3370. The molecular formula is C54H31CuF18N5P. The van der Waals surface area contributed by atoms with Gasteiger partial charge in [0.25, 0.3) is 0 Å². The third-order valence-corrected chi connectivity index (χ3v) is 11.1. The van der Waals surface area contributed by atoms with Crippen molar-refractivity contribution >= 4 is 51.4 Å². The normalized spacial score (nSPS) is 12.8. The van der Waals surface area contributed by atoms with E-state index in [1.807, 2.05) is 24.3 Å². The quantitative estimate of drug-likeness (QED) is 0.0760. The van der Waals surface area contributed by atoms with Gasteiger partial charge < -0.3 is 0 Å². The number of rotatable bonds is 4. The summed E-state index contributed by atoms with van der Waals surface area (Å²) in [6, 6.07) is 42.3. The van der Waals surface area contributed by atoms with Crippen molar-refractivity contribution in [1.82, 2.24) is 19.9 Å². The van der Waals surface area contributed by atoms with Gasteiger partial charge in [0.05, 0.1) is 73.2 Å². The molecule has 0 radical (unpaired) electrons. The van der Waals surface area contributed by atoms with Gasteiger partial charge in [-0.25, -0.2) is 19.9 Å². The van der Waals surface area contributed by atoms with E-state index in [9.17, 15) is 77.9 Å². The molecule has 0 fully saturated rings. The van der Waals surface area contributed by atoms with Gasteiger partial charge in [0.2, 0.25) is 0 Å². The summed E-state index contributed by atoms with van der Waals surface area (Å²) in [5.74, 6) is 0. The maximum absolute atomic E-state index is 12.9. The standard InChI is InChI=1S/2C26H14F6N2.C2H3N.Cu.F6P/c2*27-25(28,29)19-9-3-15(4-10-19)21-13-7-17-1-2-18-8-14-22(34-24(18)23(17)33-21)16-5-11-20(12-6-16)26(30,31)32;1-2-3;;1-7(2,3,4,5)6/h2*1-14H;1H3;;/q;;;+1;-1. The van der Waals surface area contributed by atoms with Gasteiger partial charge in [0, 0.05) is 50.7 Å². The van der Waals surface area contributed by atoms with Crippen molar-refractivity contribution in [2.75, 3.05) is 0 Å². The first-order valence-electron chi connectivity index (χ1n) is 22.0. The van der Waals surface area contributed by atoms with E-state index in [2.05, 4.69) is 19.9 Å². The minimum atomic E-state index is -10.7. The van der Waals surface area contributed by atoms with Crippen molar-refractivity contribution in [2.45, 2.75) is 31.6 Å². The largest absolute Gasteiger partial charge is 1.00 e. The Labute approximate surface area is 444 Å². The Morgan fingerprint density at radius 1 is 0.304 bits per heavy atom. The molecule has 4 heterocycles. The van der Waals surface area contributed by atoms with Crippen LogP contribution in [0.25, 0.3) is 88.6 Å². The number of nitriles is 1. The van der Waals surface area contributed by atoms with Crippen LogP contribution in [-0.4, -0.2) is 19.9 Å². The number of halogens is 18. The second kappa shape index (κ2) is 21.8. The molecule has 0 aliphatic heterocycles. The molecule has 4 aromatic heterocycles. The zero-order chi connectivity index (χ0) is 57.3. The zero-order valence-corrected chi connectivity index (χ0v) is 41.3. The first-order chi connectivity index (χ1) is 36.0. The van der Waals surface area contributed by atoms with Crippen molar-refractivity contribution in [1.29, 1.82) is 5.26 Å². The van der Waals surface area contributed by atoms with E-state index in [0.29, 0.717) is 67.1 Å². The molecule has 0 saturated carbocycles. The van der Waals surface area contributed by atoms with E-state index >= 15 is 0 Å². The summed E-state index contributed by atoms with van der Waals surface area (Å²) in [5, 5.41) is 10.4. The summed E-state index contributed by atoms with van der Waals surface area (Å²) in [4.78, 5) is 18.6. The van der Waals surface area contributed by atoms with Crippen LogP contribution in [0.5, 0.6) is 0 Å². The molecule has 10 rings (SSSR count). The predicted octanol–water partition coefficient (Wildman–Crippen LogP) is 20.2. The van der Waals surface area contributed by atoms with Gasteiger partial charge in [0.15, 0.2) is 0 Å². The SMILES string of the molecule is CC#N.FC(F)(F)c1ccc(-c2ccc3ccc4ccc(-c5ccc(C(F)(F)F)cc5)nc4c3n2)cc1.FC(F)(F)c1ccc(-c2ccc3ccc4ccc(-c5ccc(C(F)(F)F)cc5)nc4c3n2)cc1.F[P-](F)(F)(F)(F)F.[Cu+]. The first-order valence-corrected chi connectivity index (χ1v) is 24.1. The molecule has 0 aliphatic carbocycles. The van der Waals surface area contributed by atoms with Crippen LogP contribution in [0.3, 0.4) is 0 Å². The third kappa shape index (κ3) is 16.1. The Hall–Kier alpha value is -7.86. The van der Waals surface area contributed by atoms with Crippen molar-refractivity contribution in [2.24, 2.45) is 0 Å². The van der Waals surface area contributed by atoms with Gasteiger partial charge >= 0.3 is 74.8 Å². The summed E-state index contributed by atoms with van der Waals surface area (Å²) >= 11 is 0. The molecule has 0 saturated heterocycles. The van der Waals surface area contributed by atoms with Crippen LogP contribution in [-0.2, 0) is 41.8 Å². The number of fused-ring (bicyclic) bond motifs is 6. The molecule has 0 unspecified atom stereocenters. The molecule has 414 valence electrons. The maximum Gasteiger partial charge on any atom is 1.00 e. The molecular weight excluding hydrogens is 1160 g/mol. The van der Waals surface area contributed by atoms with Crippen molar-refractivity contribution in [3.05, 3.63) is 192 Å². The molecule has 0 spiro atoms. The Kier molecular flexibility index (Phi) is 16.6. The van der Waals surface area contributed by atoms with E-state index in [1.54, 1.807) is 54.6 Å². The molecule has 0 aliphatic rings. The number of nitrogens with zero attached hydrogens (tertiary/aromatic N) is 5. The second-order valence-corrected chi connectivity index (χ2v) is 18.6. The Morgan fingerprint density at radius 3 is 0.582 bits per heavy atom. The minimum Gasteiger partial charge on any atom is 1.00 e. The zero-order valence-electron chi connectivity index (χ0n) is 39.5. The first kappa shape index (κ1) is 60.4. The number of benzene rings is 6. The molecule has 25 heteroatoms. The predicted molar refractivity (Wildman–Crippen MR) is 261 cm³/mol. The molecule has 0 N–H and O–H groups in total. The summed E-state index contributed by atoms with van der Waals surface area (Å²) in [6.07, 6.45) is -17.7. The van der Waals surface area contributed by atoms with Crippen LogP contribution in [0.1, 0.15) is 29.2 Å². The van der Waals surface area contributed by atoms with Gasteiger partial charge in [-0.15, -0.1) is 0 Å². The molecule has 6 aromatic carbocycles. The molecule has 10 aromatic rings. The number of pyridine rings is 4. The van der Waals surface area contributed by atoms with Crippen LogP contribution in [0.15, 0.2) is 170 Å². The Balaban J connectivity index is 0.000000216. The molecule has 0 atom stereocenters. The molecule has 79 heavy (non-hydrogen) atoms.